The molecule has 0 unspecified atom stereocenters. The summed E-state index contributed by atoms with van der Waals surface area (Å²) in [5.41, 5.74) is 1.88. The fraction of sp³-hybridized carbons (Fsp3) is 0.238. The van der Waals surface area contributed by atoms with E-state index < -0.39 is 36.0 Å². The molecular formula is C21H19N3O5. The molecule has 2 fully saturated rings. The standard InChI is InChI=1S/C21H19N3O5/c25-17(13-29-18(26)14-11-12-14)23-24-19(27)21(22-20(24)28,15-7-3-1-4-8-15)16-9-5-2-6-10-16/h1-10,14H,11-13H2,(H,22,28)(H,23,25). The molecule has 0 radical (unpaired) electrons. The van der Waals surface area contributed by atoms with Crippen LogP contribution in [0.1, 0.15) is 24.0 Å². The third-order valence-electron chi connectivity index (χ3n) is 4.93. The van der Waals surface area contributed by atoms with Gasteiger partial charge in [0.05, 0.1) is 5.92 Å². The van der Waals surface area contributed by atoms with E-state index in [4.69, 9.17) is 4.74 Å². The van der Waals surface area contributed by atoms with Crippen molar-refractivity contribution in [2.45, 2.75) is 18.4 Å². The van der Waals surface area contributed by atoms with Crippen molar-refractivity contribution >= 4 is 23.8 Å². The molecule has 2 aromatic carbocycles. The zero-order chi connectivity index (χ0) is 20.4. The second-order valence-corrected chi connectivity index (χ2v) is 6.97. The lowest BCUT2D eigenvalue weighted by Gasteiger charge is -2.27. The Kier molecular flexibility index (Phi) is 4.75. The lowest BCUT2D eigenvalue weighted by molar-refractivity contribution is -0.151. The van der Waals surface area contributed by atoms with Crippen LogP contribution < -0.4 is 10.7 Å². The van der Waals surface area contributed by atoms with E-state index >= 15 is 0 Å². The Morgan fingerprint density at radius 1 is 1.00 bits per heavy atom. The summed E-state index contributed by atoms with van der Waals surface area (Å²) in [6.07, 6.45) is 1.51. The van der Waals surface area contributed by atoms with Crippen LogP contribution in [0.25, 0.3) is 0 Å². The molecule has 2 aromatic rings. The summed E-state index contributed by atoms with van der Waals surface area (Å²) < 4.78 is 4.91. The number of carbonyl (C=O) groups is 4. The summed E-state index contributed by atoms with van der Waals surface area (Å²) in [7, 11) is 0. The second-order valence-electron chi connectivity index (χ2n) is 6.97. The van der Waals surface area contributed by atoms with Gasteiger partial charge in [0.2, 0.25) is 0 Å². The Morgan fingerprint density at radius 3 is 2.07 bits per heavy atom. The van der Waals surface area contributed by atoms with Crippen molar-refractivity contribution in [3.63, 3.8) is 0 Å². The first-order chi connectivity index (χ1) is 14.0. The first-order valence-corrected chi connectivity index (χ1v) is 9.26. The topological polar surface area (TPSA) is 105 Å². The van der Waals surface area contributed by atoms with Gasteiger partial charge in [-0.25, -0.2) is 4.79 Å². The number of hydrogen-bond donors (Lipinski definition) is 2. The molecule has 8 nitrogen and oxygen atoms in total. The number of esters is 1. The molecule has 1 saturated heterocycles. The predicted molar refractivity (Wildman–Crippen MR) is 101 cm³/mol. The lowest BCUT2D eigenvalue weighted by Crippen LogP contribution is -2.50. The maximum atomic E-state index is 13.4. The van der Waals surface area contributed by atoms with Crippen LogP contribution in [0, 0.1) is 5.92 Å². The van der Waals surface area contributed by atoms with Crippen molar-refractivity contribution < 1.29 is 23.9 Å². The maximum Gasteiger partial charge on any atom is 0.344 e. The molecule has 1 saturated carbocycles. The Labute approximate surface area is 166 Å². The molecule has 0 aromatic heterocycles. The molecule has 148 valence electrons. The average molecular weight is 393 g/mol. The highest BCUT2D eigenvalue weighted by molar-refractivity contribution is 6.10. The van der Waals surface area contributed by atoms with Gasteiger partial charge in [-0.1, -0.05) is 60.7 Å². The van der Waals surface area contributed by atoms with Crippen LogP contribution >= 0.6 is 0 Å². The van der Waals surface area contributed by atoms with Crippen LogP contribution in [-0.2, 0) is 24.7 Å². The van der Waals surface area contributed by atoms with E-state index in [0.717, 1.165) is 12.8 Å². The molecule has 1 heterocycles. The number of imide groups is 1. The smallest absolute Gasteiger partial charge is 0.344 e. The highest BCUT2D eigenvalue weighted by atomic mass is 16.5. The largest absolute Gasteiger partial charge is 0.455 e. The van der Waals surface area contributed by atoms with Gasteiger partial charge in [-0.05, 0) is 24.0 Å². The first kappa shape index (κ1) is 18.7. The molecule has 2 N–H and O–H groups in total. The van der Waals surface area contributed by atoms with E-state index in [1.807, 2.05) is 0 Å². The number of carbonyl (C=O) groups excluding carboxylic acids is 4. The zero-order valence-corrected chi connectivity index (χ0v) is 15.5. The Morgan fingerprint density at radius 2 is 1.55 bits per heavy atom. The summed E-state index contributed by atoms with van der Waals surface area (Å²) in [4.78, 5) is 49.7. The van der Waals surface area contributed by atoms with Gasteiger partial charge in [0, 0.05) is 0 Å². The van der Waals surface area contributed by atoms with Crippen LogP contribution in [-0.4, -0.2) is 35.4 Å². The molecule has 4 rings (SSSR count). The van der Waals surface area contributed by atoms with Crippen LogP contribution in [0.15, 0.2) is 60.7 Å². The highest BCUT2D eigenvalue weighted by Gasteiger charge is 2.54. The van der Waals surface area contributed by atoms with Crippen LogP contribution in [0.5, 0.6) is 0 Å². The summed E-state index contributed by atoms with van der Waals surface area (Å²) in [5.74, 6) is -2.01. The molecule has 1 aliphatic carbocycles. The number of rotatable bonds is 6. The molecular weight excluding hydrogens is 374 g/mol. The minimum absolute atomic E-state index is 0.150. The van der Waals surface area contributed by atoms with Crippen LogP contribution in [0.3, 0.4) is 0 Å². The van der Waals surface area contributed by atoms with E-state index in [2.05, 4.69) is 10.7 Å². The van der Waals surface area contributed by atoms with E-state index in [0.29, 0.717) is 16.1 Å². The zero-order valence-electron chi connectivity index (χ0n) is 15.5. The molecule has 2 aliphatic rings. The number of urea groups is 1. The summed E-state index contributed by atoms with van der Waals surface area (Å²) in [6, 6.07) is 16.8. The van der Waals surface area contributed by atoms with Crippen molar-refractivity contribution in [3.8, 4) is 0 Å². The van der Waals surface area contributed by atoms with Crippen molar-refractivity contribution in [3.05, 3.63) is 71.8 Å². The number of nitrogens with one attached hydrogen (secondary N) is 2. The lowest BCUT2D eigenvalue weighted by atomic mass is 9.83. The fourth-order valence-corrected chi connectivity index (χ4v) is 3.30. The van der Waals surface area contributed by atoms with Gasteiger partial charge >= 0.3 is 12.0 Å². The molecule has 4 amide bonds. The molecule has 29 heavy (non-hydrogen) atoms. The molecule has 0 atom stereocenters. The Bertz CT molecular complexity index is 917. The number of nitrogens with zero attached hydrogens (tertiary/aromatic N) is 1. The predicted octanol–water partition coefficient (Wildman–Crippen LogP) is 1.47. The number of ether oxygens (including phenoxy) is 1. The van der Waals surface area contributed by atoms with E-state index in [1.54, 1.807) is 60.7 Å². The van der Waals surface area contributed by atoms with Gasteiger partial charge in [0.15, 0.2) is 12.1 Å². The normalized spacial score (nSPS) is 17.6. The van der Waals surface area contributed by atoms with Crippen LogP contribution in [0.2, 0.25) is 0 Å². The average Bonchev–Trinajstić information content (AvgIpc) is 3.57. The molecule has 8 heteroatoms. The monoisotopic (exact) mass is 393 g/mol. The third-order valence-corrected chi connectivity index (χ3v) is 4.93. The van der Waals surface area contributed by atoms with Gasteiger partial charge in [-0.15, -0.1) is 0 Å². The van der Waals surface area contributed by atoms with Gasteiger partial charge < -0.3 is 10.1 Å². The van der Waals surface area contributed by atoms with Crippen molar-refractivity contribution in [1.29, 1.82) is 0 Å². The second kappa shape index (κ2) is 7.38. The minimum atomic E-state index is -1.47. The van der Waals surface area contributed by atoms with Gasteiger partial charge in [0.25, 0.3) is 11.8 Å². The number of hydrazine groups is 1. The number of benzene rings is 2. The molecule has 0 spiro atoms. The fourth-order valence-electron chi connectivity index (χ4n) is 3.30. The Hall–Kier alpha value is -3.68. The van der Waals surface area contributed by atoms with E-state index in [9.17, 15) is 19.2 Å². The highest BCUT2D eigenvalue weighted by Crippen LogP contribution is 2.35. The molecule has 1 aliphatic heterocycles. The van der Waals surface area contributed by atoms with Crippen molar-refractivity contribution in [2.24, 2.45) is 5.92 Å². The van der Waals surface area contributed by atoms with E-state index in [1.165, 1.54) is 0 Å². The van der Waals surface area contributed by atoms with Crippen molar-refractivity contribution in [1.82, 2.24) is 15.8 Å². The van der Waals surface area contributed by atoms with Crippen LogP contribution in [0.4, 0.5) is 4.79 Å². The summed E-state index contributed by atoms with van der Waals surface area (Å²) >= 11 is 0. The van der Waals surface area contributed by atoms with Gasteiger partial charge in [-0.2, -0.15) is 5.01 Å². The van der Waals surface area contributed by atoms with E-state index in [-0.39, 0.29) is 5.92 Å². The maximum absolute atomic E-state index is 13.4. The van der Waals surface area contributed by atoms with Gasteiger partial charge in [-0.3, -0.25) is 19.8 Å². The number of amides is 4. The third kappa shape index (κ3) is 3.44. The summed E-state index contributed by atoms with van der Waals surface area (Å²) in [5, 5.41) is 3.35. The first-order valence-electron chi connectivity index (χ1n) is 9.26. The minimum Gasteiger partial charge on any atom is -0.455 e. The van der Waals surface area contributed by atoms with Gasteiger partial charge in [0.1, 0.15) is 0 Å². The van der Waals surface area contributed by atoms with Crippen molar-refractivity contribution in [2.75, 3.05) is 6.61 Å². The Balaban J connectivity index is 1.58. The SMILES string of the molecule is O=C(COC(=O)C1CC1)NN1C(=O)NC(c2ccccc2)(c2ccccc2)C1=O. The summed E-state index contributed by atoms with van der Waals surface area (Å²) in [6.45, 7) is -0.559. The quantitative estimate of drug-likeness (QED) is 0.571. The molecule has 0 bridgehead atoms. The number of hydrogen-bond acceptors (Lipinski definition) is 5.